The summed E-state index contributed by atoms with van der Waals surface area (Å²) in [6, 6.07) is 10.4. The standard InChI is InChI=1S/C33H43F2N3O3/c1-22(2)25(15-23-7-10-31-32(16-23)41-21-40-31)19-36-18-24-5-3-4-6-27(24)28(20-36)33(39)38-13-11-37(12-14-38)26-8-9-29(34)30(35)17-26/h7-10,16-17,22,24-25,27-28H,3-6,11-15,18-21H2,1-2H3/t24-,25-,27+,28-/m1/s1. The van der Waals surface area contributed by atoms with Gasteiger partial charge in [0.25, 0.3) is 0 Å². The number of rotatable bonds is 7. The molecule has 6 rings (SSSR count). The van der Waals surface area contributed by atoms with Crippen LogP contribution in [-0.4, -0.2) is 68.3 Å². The minimum Gasteiger partial charge on any atom is -0.454 e. The molecule has 41 heavy (non-hydrogen) atoms. The number of carbonyl (C=O) groups excluding carboxylic acids is 1. The molecule has 1 amide bonds. The number of amides is 1. The van der Waals surface area contributed by atoms with E-state index in [0.717, 1.165) is 44.0 Å². The van der Waals surface area contributed by atoms with E-state index < -0.39 is 11.6 Å². The summed E-state index contributed by atoms with van der Waals surface area (Å²) in [6.45, 7) is 10.3. The molecule has 3 heterocycles. The molecule has 1 aliphatic carbocycles. The van der Waals surface area contributed by atoms with Crippen LogP contribution in [0.2, 0.25) is 0 Å². The van der Waals surface area contributed by atoms with E-state index in [1.807, 2.05) is 15.9 Å². The molecule has 3 aliphatic heterocycles. The Balaban J connectivity index is 1.12. The molecule has 0 radical (unpaired) electrons. The van der Waals surface area contributed by atoms with Crippen LogP contribution in [0.1, 0.15) is 45.1 Å². The Bertz CT molecular complexity index is 1230. The summed E-state index contributed by atoms with van der Waals surface area (Å²) < 4.78 is 38.4. The predicted molar refractivity (Wildman–Crippen MR) is 155 cm³/mol. The fraction of sp³-hybridized carbons (Fsp3) is 0.606. The van der Waals surface area contributed by atoms with Gasteiger partial charge in [0.05, 0.1) is 5.92 Å². The van der Waals surface area contributed by atoms with Crippen LogP contribution in [0.4, 0.5) is 14.5 Å². The van der Waals surface area contributed by atoms with E-state index in [-0.39, 0.29) is 18.6 Å². The van der Waals surface area contributed by atoms with Crippen molar-refractivity contribution in [1.82, 2.24) is 9.80 Å². The van der Waals surface area contributed by atoms with Crippen LogP contribution in [0.15, 0.2) is 36.4 Å². The van der Waals surface area contributed by atoms with Crippen LogP contribution in [0.25, 0.3) is 0 Å². The van der Waals surface area contributed by atoms with Crippen molar-refractivity contribution in [1.29, 1.82) is 0 Å². The molecule has 0 spiro atoms. The maximum atomic E-state index is 14.1. The zero-order chi connectivity index (χ0) is 28.5. The molecular weight excluding hydrogens is 524 g/mol. The number of halogens is 2. The number of anilines is 1. The Morgan fingerprint density at radius 1 is 0.927 bits per heavy atom. The number of hydrogen-bond acceptors (Lipinski definition) is 5. The first-order valence-electron chi connectivity index (χ1n) is 15.5. The van der Waals surface area contributed by atoms with Crippen molar-refractivity contribution in [2.45, 2.75) is 46.0 Å². The number of likely N-dealkylation sites (tertiary alicyclic amines) is 1. The average molecular weight is 568 g/mol. The number of ether oxygens (including phenoxy) is 2. The normalized spacial score (nSPS) is 25.3. The molecular formula is C33H43F2N3O3. The monoisotopic (exact) mass is 567 g/mol. The number of piperazine rings is 1. The van der Waals surface area contributed by atoms with Crippen molar-refractivity contribution in [2.24, 2.45) is 29.6 Å². The smallest absolute Gasteiger partial charge is 0.231 e. The predicted octanol–water partition coefficient (Wildman–Crippen LogP) is 5.60. The van der Waals surface area contributed by atoms with Gasteiger partial charge in [0.15, 0.2) is 23.1 Å². The maximum absolute atomic E-state index is 14.1. The minimum absolute atomic E-state index is 0.0298. The molecule has 0 unspecified atom stereocenters. The fourth-order valence-corrected chi connectivity index (χ4v) is 7.54. The first-order chi connectivity index (χ1) is 19.9. The zero-order valence-corrected chi connectivity index (χ0v) is 24.4. The highest BCUT2D eigenvalue weighted by molar-refractivity contribution is 5.80. The topological polar surface area (TPSA) is 45.3 Å². The second-order valence-corrected chi connectivity index (χ2v) is 12.8. The zero-order valence-electron chi connectivity index (χ0n) is 24.4. The second kappa shape index (κ2) is 12.2. The van der Waals surface area contributed by atoms with Gasteiger partial charge in [0.2, 0.25) is 12.7 Å². The Kier molecular flexibility index (Phi) is 8.38. The van der Waals surface area contributed by atoms with E-state index in [4.69, 9.17) is 9.47 Å². The van der Waals surface area contributed by atoms with Crippen molar-refractivity contribution in [3.63, 3.8) is 0 Å². The molecule has 2 aromatic rings. The number of benzene rings is 2. The average Bonchev–Trinajstić information content (AvgIpc) is 3.45. The molecule has 8 heteroatoms. The fourth-order valence-electron chi connectivity index (χ4n) is 7.54. The SMILES string of the molecule is CC(C)[C@H](Cc1ccc2c(c1)OCO2)CN1C[C@H]2CCCC[C@@H]2[C@H](C(=O)N2CCN(c3ccc(F)c(F)c3)CC2)C1. The first kappa shape index (κ1) is 28.3. The Morgan fingerprint density at radius 3 is 2.49 bits per heavy atom. The molecule has 2 aromatic carbocycles. The van der Waals surface area contributed by atoms with Crippen LogP contribution in [-0.2, 0) is 11.2 Å². The minimum atomic E-state index is -0.831. The number of piperidine rings is 1. The lowest BCUT2D eigenvalue weighted by Gasteiger charge is -2.48. The highest BCUT2D eigenvalue weighted by Gasteiger charge is 2.43. The summed E-state index contributed by atoms with van der Waals surface area (Å²) in [6.07, 6.45) is 5.81. The van der Waals surface area contributed by atoms with E-state index in [1.54, 1.807) is 6.07 Å². The van der Waals surface area contributed by atoms with Crippen molar-refractivity contribution in [3.05, 3.63) is 53.6 Å². The third-order valence-corrected chi connectivity index (χ3v) is 9.98. The summed E-state index contributed by atoms with van der Waals surface area (Å²) >= 11 is 0. The van der Waals surface area contributed by atoms with Crippen molar-refractivity contribution >= 4 is 11.6 Å². The van der Waals surface area contributed by atoms with Gasteiger partial charge in [-0.2, -0.15) is 0 Å². The lowest BCUT2D eigenvalue weighted by atomic mass is 9.69. The van der Waals surface area contributed by atoms with Gasteiger partial charge in [0, 0.05) is 57.6 Å². The molecule has 0 N–H and O–H groups in total. The maximum Gasteiger partial charge on any atom is 0.231 e. The summed E-state index contributed by atoms with van der Waals surface area (Å²) in [5.74, 6) is 2.34. The quantitative estimate of drug-likeness (QED) is 0.436. The van der Waals surface area contributed by atoms with E-state index in [2.05, 4.69) is 30.9 Å². The molecule has 4 atom stereocenters. The summed E-state index contributed by atoms with van der Waals surface area (Å²) in [5, 5.41) is 0. The van der Waals surface area contributed by atoms with Gasteiger partial charge in [-0.15, -0.1) is 0 Å². The van der Waals surface area contributed by atoms with E-state index in [1.165, 1.54) is 37.0 Å². The van der Waals surface area contributed by atoms with Crippen LogP contribution in [0, 0.1) is 41.2 Å². The summed E-state index contributed by atoms with van der Waals surface area (Å²) in [7, 11) is 0. The molecule has 3 fully saturated rings. The highest BCUT2D eigenvalue weighted by Crippen LogP contribution is 2.41. The molecule has 4 aliphatic rings. The number of nitrogens with zero attached hydrogens (tertiary/aromatic N) is 3. The number of carbonyl (C=O) groups is 1. The number of hydrogen-bond donors (Lipinski definition) is 0. The highest BCUT2D eigenvalue weighted by atomic mass is 19.2. The third-order valence-electron chi connectivity index (χ3n) is 9.98. The molecule has 1 saturated carbocycles. The summed E-state index contributed by atoms with van der Waals surface area (Å²) in [5.41, 5.74) is 1.95. The Hall–Kier alpha value is -2.87. The summed E-state index contributed by atoms with van der Waals surface area (Å²) in [4.78, 5) is 20.7. The van der Waals surface area contributed by atoms with Crippen LogP contribution >= 0.6 is 0 Å². The molecule has 222 valence electrons. The van der Waals surface area contributed by atoms with Crippen molar-refractivity contribution in [3.8, 4) is 11.5 Å². The lowest BCUT2D eigenvalue weighted by Crippen LogP contribution is -2.57. The lowest BCUT2D eigenvalue weighted by molar-refractivity contribution is -0.142. The first-order valence-corrected chi connectivity index (χ1v) is 15.5. The van der Waals surface area contributed by atoms with Gasteiger partial charge in [-0.05, 0) is 72.8 Å². The van der Waals surface area contributed by atoms with Crippen LogP contribution in [0.3, 0.4) is 0 Å². The van der Waals surface area contributed by atoms with E-state index >= 15 is 0 Å². The van der Waals surface area contributed by atoms with Crippen molar-refractivity contribution < 1.29 is 23.0 Å². The second-order valence-electron chi connectivity index (χ2n) is 12.8. The molecule has 0 aromatic heterocycles. The van der Waals surface area contributed by atoms with Gasteiger partial charge in [-0.3, -0.25) is 4.79 Å². The van der Waals surface area contributed by atoms with Gasteiger partial charge in [-0.1, -0.05) is 32.8 Å². The van der Waals surface area contributed by atoms with E-state index in [0.29, 0.717) is 55.5 Å². The van der Waals surface area contributed by atoms with E-state index in [9.17, 15) is 13.6 Å². The van der Waals surface area contributed by atoms with Crippen LogP contribution in [0.5, 0.6) is 11.5 Å². The van der Waals surface area contributed by atoms with Gasteiger partial charge < -0.3 is 24.2 Å². The van der Waals surface area contributed by atoms with Crippen LogP contribution < -0.4 is 14.4 Å². The number of fused-ring (bicyclic) bond motifs is 2. The Morgan fingerprint density at radius 2 is 1.71 bits per heavy atom. The Labute approximate surface area is 242 Å². The van der Waals surface area contributed by atoms with Gasteiger partial charge in [-0.25, -0.2) is 8.78 Å². The molecule has 6 nitrogen and oxygen atoms in total. The third kappa shape index (κ3) is 6.18. The van der Waals surface area contributed by atoms with Crippen molar-refractivity contribution in [2.75, 3.05) is 57.5 Å². The van der Waals surface area contributed by atoms with Gasteiger partial charge in [0.1, 0.15) is 0 Å². The molecule has 0 bridgehead atoms. The van der Waals surface area contributed by atoms with Gasteiger partial charge >= 0.3 is 0 Å². The molecule has 2 saturated heterocycles. The largest absolute Gasteiger partial charge is 0.454 e.